The molecule has 1 unspecified atom stereocenters. The predicted octanol–water partition coefficient (Wildman–Crippen LogP) is 5.25. The highest BCUT2D eigenvalue weighted by atomic mass is 16.5. The summed E-state index contributed by atoms with van der Waals surface area (Å²) in [6.45, 7) is 8.70. The van der Waals surface area contributed by atoms with Crippen LogP contribution in [0.1, 0.15) is 39.7 Å². The quantitative estimate of drug-likeness (QED) is 0.278. The molecule has 0 radical (unpaired) electrons. The molecule has 0 aliphatic carbocycles. The van der Waals surface area contributed by atoms with E-state index in [-0.39, 0.29) is 0 Å². The van der Waals surface area contributed by atoms with Crippen molar-refractivity contribution in [3.8, 4) is 5.75 Å². The molecule has 3 aromatic carbocycles. The van der Waals surface area contributed by atoms with E-state index in [0.717, 1.165) is 60.3 Å². The number of esters is 1. The Morgan fingerprint density at radius 2 is 1.75 bits per heavy atom. The van der Waals surface area contributed by atoms with Crippen molar-refractivity contribution < 1.29 is 14.6 Å². The average molecular weight is 484 g/mol. The summed E-state index contributed by atoms with van der Waals surface area (Å²) in [5.41, 5.74) is 5.41. The Kier molecular flexibility index (Phi) is 7.07. The molecule has 1 aliphatic rings. The molecule has 186 valence electrons. The number of H-pyrrole nitrogens is 1. The Labute approximate surface area is 212 Å². The number of aromatic nitrogens is 1. The highest BCUT2D eigenvalue weighted by Crippen LogP contribution is 2.26. The van der Waals surface area contributed by atoms with Gasteiger partial charge < -0.3 is 19.7 Å². The summed E-state index contributed by atoms with van der Waals surface area (Å²) in [4.78, 5) is 20.9. The van der Waals surface area contributed by atoms with Gasteiger partial charge in [0, 0.05) is 49.3 Å². The largest absolute Gasteiger partial charge is 0.422 e. The third-order valence-electron chi connectivity index (χ3n) is 7.08. The van der Waals surface area contributed by atoms with Gasteiger partial charge in [0.25, 0.3) is 0 Å². The number of nitrogens with one attached hydrogen (secondary N) is 1. The third-order valence-corrected chi connectivity index (χ3v) is 7.08. The van der Waals surface area contributed by atoms with Crippen molar-refractivity contribution in [1.82, 2.24) is 9.88 Å². The summed E-state index contributed by atoms with van der Waals surface area (Å²) in [5.74, 6) is 0.00606. The van der Waals surface area contributed by atoms with E-state index in [1.165, 1.54) is 5.69 Å². The molecule has 6 nitrogen and oxygen atoms in total. The number of fused-ring (bicyclic) bond motifs is 1. The van der Waals surface area contributed by atoms with Crippen LogP contribution in [-0.2, 0) is 0 Å². The van der Waals surface area contributed by atoms with E-state index in [9.17, 15) is 9.90 Å². The number of para-hydroxylation sites is 1. The van der Waals surface area contributed by atoms with Gasteiger partial charge in [-0.1, -0.05) is 42.0 Å². The van der Waals surface area contributed by atoms with Crippen molar-refractivity contribution in [2.24, 2.45) is 0 Å². The third kappa shape index (κ3) is 5.30. The summed E-state index contributed by atoms with van der Waals surface area (Å²) in [6, 6.07) is 23.8. The lowest BCUT2D eigenvalue weighted by molar-refractivity contribution is 0.0727. The van der Waals surface area contributed by atoms with Gasteiger partial charge in [0.05, 0.1) is 6.10 Å². The van der Waals surface area contributed by atoms with Crippen LogP contribution < -0.4 is 9.64 Å². The van der Waals surface area contributed by atoms with Gasteiger partial charge in [-0.15, -0.1) is 0 Å². The zero-order valence-electron chi connectivity index (χ0n) is 20.9. The van der Waals surface area contributed by atoms with Crippen molar-refractivity contribution in [1.29, 1.82) is 0 Å². The minimum atomic E-state index is -0.617. The number of piperazine rings is 1. The lowest BCUT2D eigenvalue weighted by Crippen LogP contribution is -2.46. The van der Waals surface area contributed by atoms with Crippen molar-refractivity contribution in [2.45, 2.75) is 26.4 Å². The van der Waals surface area contributed by atoms with Gasteiger partial charge >= 0.3 is 5.97 Å². The Hall–Kier alpha value is -3.61. The van der Waals surface area contributed by atoms with Crippen LogP contribution >= 0.6 is 0 Å². The van der Waals surface area contributed by atoms with Crippen LogP contribution in [0.5, 0.6) is 5.75 Å². The number of aromatic amines is 1. The van der Waals surface area contributed by atoms with Gasteiger partial charge in [0.2, 0.25) is 0 Å². The summed E-state index contributed by atoms with van der Waals surface area (Å²) >= 11 is 0. The first-order valence-corrected chi connectivity index (χ1v) is 12.6. The number of carbonyl (C=O) groups excluding carboxylic acids is 1. The number of aliphatic hydroxyl groups is 1. The van der Waals surface area contributed by atoms with E-state index in [0.29, 0.717) is 17.9 Å². The van der Waals surface area contributed by atoms with Crippen LogP contribution in [0.15, 0.2) is 72.8 Å². The van der Waals surface area contributed by atoms with Crippen LogP contribution in [0, 0.1) is 13.8 Å². The molecular weight excluding hydrogens is 450 g/mol. The van der Waals surface area contributed by atoms with Crippen molar-refractivity contribution in [2.75, 3.05) is 37.6 Å². The normalized spacial score (nSPS) is 15.2. The van der Waals surface area contributed by atoms with E-state index in [2.05, 4.69) is 45.1 Å². The Morgan fingerprint density at radius 3 is 2.53 bits per heavy atom. The summed E-state index contributed by atoms with van der Waals surface area (Å²) in [5, 5.41) is 11.9. The summed E-state index contributed by atoms with van der Waals surface area (Å²) in [6.07, 6.45) is 0.0111. The summed E-state index contributed by atoms with van der Waals surface area (Å²) < 4.78 is 5.68. The second-order valence-corrected chi connectivity index (χ2v) is 9.60. The van der Waals surface area contributed by atoms with E-state index >= 15 is 0 Å². The first-order chi connectivity index (χ1) is 17.5. The standard InChI is InChI=1S/C30H33N3O3/c1-21-11-12-27-26(19-21)22(2)29(31-27)30(35)36-25-10-6-7-23(20-25)28(34)13-14-32-15-17-33(18-16-32)24-8-4-3-5-9-24/h3-12,19-20,28,31,34H,13-18H2,1-2H3. The fraction of sp³-hybridized carbons (Fsp3) is 0.300. The molecule has 2 heterocycles. The molecule has 1 atom stereocenters. The minimum Gasteiger partial charge on any atom is -0.422 e. The predicted molar refractivity (Wildman–Crippen MR) is 144 cm³/mol. The molecule has 6 heteroatoms. The number of hydrogen-bond donors (Lipinski definition) is 2. The second-order valence-electron chi connectivity index (χ2n) is 9.60. The molecule has 0 spiro atoms. The maximum Gasteiger partial charge on any atom is 0.360 e. The van der Waals surface area contributed by atoms with Crippen LogP contribution in [-0.4, -0.2) is 53.7 Å². The lowest BCUT2D eigenvalue weighted by Gasteiger charge is -2.36. The highest BCUT2D eigenvalue weighted by molar-refractivity contribution is 5.99. The molecule has 1 fully saturated rings. The van der Waals surface area contributed by atoms with Crippen LogP contribution in [0.3, 0.4) is 0 Å². The zero-order valence-corrected chi connectivity index (χ0v) is 20.9. The first kappa shape index (κ1) is 24.1. The van der Waals surface area contributed by atoms with Crippen LogP contribution in [0.25, 0.3) is 10.9 Å². The van der Waals surface area contributed by atoms with E-state index in [1.54, 1.807) is 12.1 Å². The Morgan fingerprint density at radius 1 is 0.972 bits per heavy atom. The van der Waals surface area contributed by atoms with Crippen LogP contribution in [0.2, 0.25) is 0 Å². The first-order valence-electron chi connectivity index (χ1n) is 12.6. The van der Waals surface area contributed by atoms with Crippen LogP contribution in [0.4, 0.5) is 5.69 Å². The maximum atomic E-state index is 12.9. The number of nitrogens with zero attached hydrogens (tertiary/aromatic N) is 2. The molecule has 1 aliphatic heterocycles. The molecule has 1 aromatic heterocycles. The molecule has 0 bridgehead atoms. The number of ether oxygens (including phenoxy) is 1. The van der Waals surface area contributed by atoms with Crippen molar-refractivity contribution >= 4 is 22.6 Å². The van der Waals surface area contributed by atoms with Gasteiger partial charge in [-0.2, -0.15) is 0 Å². The number of aryl methyl sites for hydroxylation is 2. The maximum absolute atomic E-state index is 12.9. The van der Waals surface area contributed by atoms with E-state index in [1.807, 2.05) is 44.2 Å². The number of aliphatic hydroxyl groups excluding tert-OH is 1. The number of anilines is 1. The topological polar surface area (TPSA) is 68.8 Å². The van der Waals surface area contributed by atoms with Gasteiger partial charge in [-0.05, 0) is 67.8 Å². The minimum absolute atomic E-state index is 0.427. The van der Waals surface area contributed by atoms with Gasteiger partial charge in [-0.3, -0.25) is 4.90 Å². The number of benzene rings is 3. The molecule has 5 rings (SSSR count). The van der Waals surface area contributed by atoms with Gasteiger partial charge in [0.15, 0.2) is 0 Å². The molecule has 2 N–H and O–H groups in total. The fourth-order valence-corrected chi connectivity index (χ4v) is 4.93. The lowest BCUT2D eigenvalue weighted by atomic mass is 10.1. The highest BCUT2D eigenvalue weighted by Gasteiger charge is 2.20. The average Bonchev–Trinajstić information content (AvgIpc) is 3.24. The Balaban J connectivity index is 1.17. The summed E-state index contributed by atoms with van der Waals surface area (Å²) in [7, 11) is 0. The van der Waals surface area contributed by atoms with Crippen molar-refractivity contribution in [3.05, 3.63) is 95.2 Å². The molecule has 1 saturated heterocycles. The van der Waals surface area contributed by atoms with Crippen molar-refractivity contribution in [3.63, 3.8) is 0 Å². The Bertz CT molecular complexity index is 1340. The number of carbonyl (C=O) groups is 1. The molecular formula is C30H33N3O3. The van der Waals surface area contributed by atoms with E-state index in [4.69, 9.17) is 4.74 Å². The fourth-order valence-electron chi connectivity index (χ4n) is 4.93. The SMILES string of the molecule is Cc1ccc2[nH]c(C(=O)Oc3cccc(C(O)CCN4CCN(c5ccccc5)CC4)c3)c(C)c2c1. The number of rotatable bonds is 7. The monoisotopic (exact) mass is 483 g/mol. The number of hydrogen-bond acceptors (Lipinski definition) is 5. The van der Waals surface area contributed by atoms with Gasteiger partial charge in [0.1, 0.15) is 11.4 Å². The molecule has 0 saturated carbocycles. The van der Waals surface area contributed by atoms with Gasteiger partial charge in [-0.25, -0.2) is 4.79 Å². The molecule has 0 amide bonds. The zero-order chi connectivity index (χ0) is 25.1. The molecule has 36 heavy (non-hydrogen) atoms. The van der Waals surface area contributed by atoms with E-state index < -0.39 is 12.1 Å². The molecule has 4 aromatic rings. The second kappa shape index (κ2) is 10.6. The smallest absolute Gasteiger partial charge is 0.360 e.